The van der Waals surface area contributed by atoms with Crippen molar-refractivity contribution in [2.24, 2.45) is 5.41 Å². The van der Waals surface area contributed by atoms with E-state index < -0.39 is 11.5 Å². The van der Waals surface area contributed by atoms with Crippen molar-refractivity contribution in [3.63, 3.8) is 0 Å². The van der Waals surface area contributed by atoms with Crippen molar-refractivity contribution in [2.45, 2.75) is 18.9 Å². The Bertz CT molecular complexity index is 1240. The molecule has 0 heterocycles. The number of hydrogen-bond donors (Lipinski definition) is 1. The lowest BCUT2D eigenvalue weighted by Gasteiger charge is -2.39. The standard InChI is InChI=1S/C30H26O/c31-29-28(26-13-5-2-6-14-26)16-9-19-30(29,21-23-10-3-1-4-11-23)22-24-17-18-25-12-7-8-15-27(25)20-24/h1-20,29,31H,21-22H2. The van der Waals surface area contributed by atoms with Crippen molar-refractivity contribution in [2.75, 3.05) is 0 Å². The van der Waals surface area contributed by atoms with Gasteiger partial charge < -0.3 is 5.11 Å². The van der Waals surface area contributed by atoms with Crippen molar-refractivity contribution in [3.8, 4) is 0 Å². The fraction of sp³-hybridized carbons (Fsp3) is 0.133. The average Bonchev–Trinajstić information content (AvgIpc) is 2.82. The average molecular weight is 403 g/mol. The van der Waals surface area contributed by atoms with E-state index in [1.807, 2.05) is 24.3 Å². The highest BCUT2D eigenvalue weighted by atomic mass is 16.3. The molecule has 4 aromatic rings. The van der Waals surface area contributed by atoms with E-state index in [-0.39, 0.29) is 0 Å². The highest BCUT2D eigenvalue weighted by Crippen LogP contribution is 2.42. The van der Waals surface area contributed by atoms with E-state index >= 15 is 0 Å². The van der Waals surface area contributed by atoms with Gasteiger partial charge in [-0.05, 0) is 45.9 Å². The molecule has 1 aliphatic rings. The van der Waals surface area contributed by atoms with E-state index in [2.05, 4.69) is 97.1 Å². The van der Waals surface area contributed by atoms with Gasteiger partial charge in [0.25, 0.3) is 0 Å². The molecule has 0 bridgehead atoms. The van der Waals surface area contributed by atoms with Crippen molar-refractivity contribution >= 4 is 16.3 Å². The van der Waals surface area contributed by atoms with Crippen molar-refractivity contribution in [1.82, 2.24) is 0 Å². The van der Waals surface area contributed by atoms with Crippen LogP contribution >= 0.6 is 0 Å². The molecule has 0 aromatic heterocycles. The maximum Gasteiger partial charge on any atom is 0.0892 e. The van der Waals surface area contributed by atoms with Crippen molar-refractivity contribution in [1.29, 1.82) is 0 Å². The Morgan fingerprint density at radius 1 is 0.645 bits per heavy atom. The van der Waals surface area contributed by atoms with Gasteiger partial charge in [0.1, 0.15) is 0 Å². The highest BCUT2D eigenvalue weighted by Gasteiger charge is 2.39. The van der Waals surface area contributed by atoms with Gasteiger partial charge in [-0.25, -0.2) is 0 Å². The first-order chi connectivity index (χ1) is 15.2. The number of benzene rings is 4. The highest BCUT2D eigenvalue weighted by molar-refractivity contribution is 5.83. The maximum absolute atomic E-state index is 11.7. The van der Waals surface area contributed by atoms with Gasteiger partial charge >= 0.3 is 0 Å². The molecule has 2 unspecified atom stereocenters. The summed E-state index contributed by atoms with van der Waals surface area (Å²) in [7, 11) is 0. The Morgan fingerprint density at radius 3 is 2.06 bits per heavy atom. The Kier molecular flexibility index (Phi) is 5.28. The zero-order chi connectivity index (χ0) is 21.1. The van der Waals surface area contributed by atoms with Crippen LogP contribution in [0.3, 0.4) is 0 Å². The molecule has 1 nitrogen and oxygen atoms in total. The van der Waals surface area contributed by atoms with E-state index in [1.54, 1.807) is 0 Å². The van der Waals surface area contributed by atoms with Crippen LogP contribution in [0.4, 0.5) is 0 Å². The van der Waals surface area contributed by atoms with Crippen LogP contribution in [0.1, 0.15) is 16.7 Å². The third-order valence-electron chi connectivity index (χ3n) is 6.37. The summed E-state index contributed by atoms with van der Waals surface area (Å²) in [5.41, 5.74) is 4.13. The molecule has 0 aliphatic heterocycles. The van der Waals surface area contributed by atoms with Crippen molar-refractivity contribution in [3.05, 3.63) is 138 Å². The zero-order valence-electron chi connectivity index (χ0n) is 17.5. The first-order valence-electron chi connectivity index (χ1n) is 10.9. The summed E-state index contributed by atoms with van der Waals surface area (Å²) in [6.07, 6.45) is 7.36. The minimum Gasteiger partial charge on any atom is -0.387 e. The fourth-order valence-corrected chi connectivity index (χ4v) is 4.80. The molecule has 0 saturated carbocycles. The largest absolute Gasteiger partial charge is 0.387 e. The van der Waals surface area contributed by atoms with Gasteiger partial charge in [-0.3, -0.25) is 0 Å². The molecule has 2 atom stereocenters. The fourth-order valence-electron chi connectivity index (χ4n) is 4.80. The normalized spacial score (nSPS) is 20.5. The van der Waals surface area contributed by atoms with Gasteiger partial charge in [-0.2, -0.15) is 0 Å². The number of aliphatic hydroxyl groups is 1. The Morgan fingerprint density at radius 2 is 1.29 bits per heavy atom. The minimum atomic E-state index is -0.591. The molecule has 0 spiro atoms. The summed E-state index contributed by atoms with van der Waals surface area (Å²) in [5.74, 6) is 0. The number of hydrogen-bond acceptors (Lipinski definition) is 1. The topological polar surface area (TPSA) is 20.2 Å². The third kappa shape index (κ3) is 3.97. The summed E-state index contributed by atoms with van der Waals surface area (Å²) in [6, 6.07) is 35.9. The van der Waals surface area contributed by atoms with Gasteiger partial charge in [-0.1, -0.05) is 121 Å². The molecular weight excluding hydrogens is 376 g/mol. The molecule has 1 N–H and O–H groups in total. The third-order valence-corrected chi connectivity index (χ3v) is 6.37. The Labute approximate surface area is 184 Å². The van der Waals surface area contributed by atoms with Gasteiger partial charge in [0.2, 0.25) is 0 Å². The van der Waals surface area contributed by atoms with Crippen LogP contribution in [0.2, 0.25) is 0 Å². The number of allylic oxidation sites excluding steroid dienone is 2. The lowest BCUT2D eigenvalue weighted by molar-refractivity contribution is 0.105. The minimum absolute atomic E-state index is 0.413. The Hall–Kier alpha value is -3.42. The number of rotatable bonds is 5. The van der Waals surface area contributed by atoms with Crippen LogP contribution in [0.5, 0.6) is 0 Å². The maximum atomic E-state index is 11.7. The van der Waals surface area contributed by atoms with Gasteiger partial charge in [0, 0.05) is 5.41 Å². The molecule has 31 heavy (non-hydrogen) atoms. The number of aliphatic hydroxyl groups excluding tert-OH is 1. The lowest BCUT2D eigenvalue weighted by Crippen LogP contribution is -2.40. The smallest absolute Gasteiger partial charge is 0.0892 e. The lowest BCUT2D eigenvalue weighted by atomic mass is 9.67. The van der Waals surface area contributed by atoms with Crippen LogP contribution < -0.4 is 0 Å². The van der Waals surface area contributed by atoms with Crippen molar-refractivity contribution < 1.29 is 5.11 Å². The second-order valence-electron chi connectivity index (χ2n) is 8.50. The van der Waals surface area contributed by atoms with Gasteiger partial charge in [0.05, 0.1) is 6.10 Å². The summed E-state index contributed by atoms with van der Waals surface area (Å²) in [6.45, 7) is 0. The van der Waals surface area contributed by atoms with Gasteiger partial charge in [0.15, 0.2) is 0 Å². The summed E-state index contributed by atoms with van der Waals surface area (Å²) >= 11 is 0. The van der Waals surface area contributed by atoms with Gasteiger partial charge in [-0.15, -0.1) is 0 Å². The number of fused-ring (bicyclic) bond motifs is 1. The van der Waals surface area contributed by atoms with Crippen LogP contribution in [0, 0.1) is 5.41 Å². The van der Waals surface area contributed by atoms with Crippen LogP contribution in [-0.2, 0) is 12.8 Å². The summed E-state index contributed by atoms with van der Waals surface area (Å²) in [5, 5.41) is 14.2. The zero-order valence-corrected chi connectivity index (χ0v) is 17.5. The molecule has 0 fully saturated rings. The van der Waals surface area contributed by atoms with E-state index in [0.717, 1.165) is 24.0 Å². The molecule has 5 rings (SSSR count). The molecule has 1 heteroatoms. The first-order valence-corrected chi connectivity index (χ1v) is 10.9. The summed E-state index contributed by atoms with van der Waals surface area (Å²) in [4.78, 5) is 0. The van der Waals surface area contributed by atoms with Crippen LogP contribution in [0.15, 0.2) is 121 Å². The second-order valence-corrected chi connectivity index (χ2v) is 8.50. The van der Waals surface area contributed by atoms with E-state index in [1.165, 1.54) is 21.9 Å². The van der Waals surface area contributed by atoms with E-state index in [9.17, 15) is 5.11 Å². The molecular formula is C30H26O. The Balaban J connectivity index is 1.56. The second kappa shape index (κ2) is 8.37. The predicted molar refractivity (Wildman–Crippen MR) is 130 cm³/mol. The van der Waals surface area contributed by atoms with Crippen LogP contribution in [0.25, 0.3) is 16.3 Å². The van der Waals surface area contributed by atoms with Crippen LogP contribution in [-0.4, -0.2) is 11.2 Å². The summed E-state index contributed by atoms with van der Waals surface area (Å²) < 4.78 is 0. The van der Waals surface area contributed by atoms with E-state index in [0.29, 0.717) is 0 Å². The quantitative estimate of drug-likeness (QED) is 0.397. The molecule has 4 aromatic carbocycles. The monoisotopic (exact) mass is 402 g/mol. The molecule has 0 amide bonds. The first kappa shape index (κ1) is 19.5. The molecule has 152 valence electrons. The SMILES string of the molecule is OC1C(c2ccccc2)=CC=CC1(Cc1ccccc1)Cc1ccc2ccccc2c1. The van der Waals surface area contributed by atoms with E-state index in [4.69, 9.17) is 0 Å². The molecule has 1 aliphatic carbocycles. The molecule has 0 radical (unpaired) electrons. The molecule has 0 saturated heterocycles. The predicted octanol–water partition coefficient (Wildman–Crippen LogP) is 6.63.